The Morgan fingerprint density at radius 3 is 2.52 bits per heavy atom. The Kier molecular flexibility index (Phi) is 3.83. The lowest BCUT2D eigenvalue weighted by molar-refractivity contribution is -0.115. The summed E-state index contributed by atoms with van der Waals surface area (Å²) in [6, 6.07) is 5.36. The molecule has 4 nitrogen and oxygen atoms in total. The first kappa shape index (κ1) is 15.5. The predicted octanol–water partition coefficient (Wildman–Crippen LogP) is 3.13. The van der Waals surface area contributed by atoms with Crippen LogP contribution in [0.1, 0.15) is 57.0 Å². The van der Waals surface area contributed by atoms with Crippen LogP contribution in [0.4, 0.5) is 5.69 Å². The van der Waals surface area contributed by atoms with Crippen molar-refractivity contribution in [2.24, 2.45) is 5.41 Å². The molecular weight excluding hydrogens is 264 g/mol. The summed E-state index contributed by atoms with van der Waals surface area (Å²) in [5.41, 5.74) is 2.17. The quantitative estimate of drug-likeness (QED) is 0.897. The number of rotatable bonds is 3. The fourth-order valence-corrected chi connectivity index (χ4v) is 3.12. The van der Waals surface area contributed by atoms with Crippen molar-refractivity contribution in [3.05, 3.63) is 29.3 Å². The summed E-state index contributed by atoms with van der Waals surface area (Å²) < 4.78 is 0. The average molecular weight is 288 g/mol. The van der Waals surface area contributed by atoms with E-state index < -0.39 is 0 Å². The zero-order chi connectivity index (χ0) is 15.8. The van der Waals surface area contributed by atoms with E-state index in [2.05, 4.69) is 31.4 Å². The van der Waals surface area contributed by atoms with Crippen LogP contribution in [0.25, 0.3) is 0 Å². The van der Waals surface area contributed by atoms with Crippen molar-refractivity contribution in [3.8, 4) is 0 Å². The van der Waals surface area contributed by atoms with Gasteiger partial charge in [0, 0.05) is 16.8 Å². The third-order valence-corrected chi connectivity index (χ3v) is 3.42. The molecule has 0 aliphatic carbocycles. The normalized spacial score (nSPS) is 14.6. The minimum atomic E-state index is -0.275. The van der Waals surface area contributed by atoms with Gasteiger partial charge in [-0.25, -0.2) is 0 Å². The second kappa shape index (κ2) is 5.17. The Hall–Kier alpha value is -1.84. The van der Waals surface area contributed by atoms with Gasteiger partial charge in [-0.3, -0.25) is 9.59 Å². The molecule has 2 amide bonds. The number of carbonyl (C=O) groups excluding carboxylic acids is 2. The van der Waals surface area contributed by atoms with Crippen LogP contribution >= 0.6 is 0 Å². The highest BCUT2D eigenvalue weighted by atomic mass is 16.2. The summed E-state index contributed by atoms with van der Waals surface area (Å²) in [5, 5.41) is 5.86. The maximum Gasteiger partial charge on any atom is 0.251 e. The van der Waals surface area contributed by atoms with Crippen LogP contribution in [0.5, 0.6) is 0 Å². The van der Waals surface area contributed by atoms with Gasteiger partial charge in [0.05, 0.1) is 6.42 Å². The smallest absolute Gasteiger partial charge is 0.251 e. The number of nitrogens with one attached hydrogen (secondary N) is 2. The highest BCUT2D eigenvalue weighted by Crippen LogP contribution is 2.28. The van der Waals surface area contributed by atoms with E-state index in [0.29, 0.717) is 12.0 Å². The van der Waals surface area contributed by atoms with Gasteiger partial charge >= 0.3 is 0 Å². The molecular formula is C17H24N2O2. The van der Waals surface area contributed by atoms with Crippen LogP contribution in [0.3, 0.4) is 0 Å². The third-order valence-electron chi connectivity index (χ3n) is 3.42. The number of hydrogen-bond donors (Lipinski definition) is 2. The van der Waals surface area contributed by atoms with Gasteiger partial charge in [0.15, 0.2) is 0 Å². The Bertz CT molecular complexity index is 583. The van der Waals surface area contributed by atoms with Crippen LogP contribution in [0.15, 0.2) is 18.2 Å². The molecule has 1 aromatic carbocycles. The molecule has 114 valence electrons. The van der Waals surface area contributed by atoms with Crippen molar-refractivity contribution in [1.29, 1.82) is 0 Å². The first-order chi connectivity index (χ1) is 9.56. The summed E-state index contributed by atoms with van der Waals surface area (Å²) in [5.74, 6) is -0.109. The second-order valence-electron chi connectivity index (χ2n) is 7.67. The van der Waals surface area contributed by atoms with Crippen molar-refractivity contribution >= 4 is 17.5 Å². The molecule has 0 saturated heterocycles. The molecule has 1 aliphatic rings. The van der Waals surface area contributed by atoms with Crippen LogP contribution in [-0.4, -0.2) is 17.4 Å². The highest BCUT2D eigenvalue weighted by Gasteiger charge is 2.28. The van der Waals surface area contributed by atoms with E-state index in [-0.39, 0.29) is 22.8 Å². The maximum absolute atomic E-state index is 12.4. The van der Waals surface area contributed by atoms with Crippen molar-refractivity contribution in [2.45, 2.75) is 53.0 Å². The number of anilines is 1. The number of fused-ring (bicyclic) bond motifs is 1. The first-order valence-electron chi connectivity index (χ1n) is 7.31. The Labute approximate surface area is 126 Å². The van der Waals surface area contributed by atoms with Crippen molar-refractivity contribution in [1.82, 2.24) is 5.32 Å². The number of benzene rings is 1. The van der Waals surface area contributed by atoms with Crippen molar-refractivity contribution < 1.29 is 9.59 Å². The Morgan fingerprint density at radius 2 is 1.90 bits per heavy atom. The lowest BCUT2D eigenvalue weighted by Gasteiger charge is -2.33. The molecule has 0 unspecified atom stereocenters. The number of amides is 2. The first-order valence-corrected chi connectivity index (χ1v) is 7.31. The summed E-state index contributed by atoms with van der Waals surface area (Å²) in [6.45, 7) is 10.6. The monoisotopic (exact) mass is 288 g/mol. The van der Waals surface area contributed by atoms with Gasteiger partial charge in [-0.05, 0) is 49.4 Å². The molecule has 4 heteroatoms. The lowest BCUT2D eigenvalue weighted by atomic mass is 9.81. The van der Waals surface area contributed by atoms with Crippen LogP contribution in [0, 0.1) is 5.41 Å². The van der Waals surface area contributed by atoms with Gasteiger partial charge in [0.2, 0.25) is 5.91 Å². The zero-order valence-corrected chi connectivity index (χ0v) is 13.5. The maximum atomic E-state index is 12.4. The van der Waals surface area contributed by atoms with Crippen molar-refractivity contribution in [2.75, 3.05) is 5.32 Å². The lowest BCUT2D eigenvalue weighted by Crippen LogP contribution is -2.45. The molecule has 2 rings (SSSR count). The van der Waals surface area contributed by atoms with Gasteiger partial charge in [-0.2, -0.15) is 0 Å². The average Bonchev–Trinajstić information content (AvgIpc) is 2.63. The van der Waals surface area contributed by atoms with E-state index in [1.807, 2.05) is 13.8 Å². The van der Waals surface area contributed by atoms with Gasteiger partial charge in [0.1, 0.15) is 0 Å². The van der Waals surface area contributed by atoms with E-state index in [9.17, 15) is 9.59 Å². The molecule has 21 heavy (non-hydrogen) atoms. The standard InChI is InChI=1S/C17H24N2O2/c1-16(2,3)10-17(4,5)19-15(21)11-6-7-13-12(8-11)9-14(20)18-13/h6-8H,9-10H2,1-5H3,(H,18,20)(H,19,21). The van der Waals surface area contributed by atoms with Crippen LogP contribution in [0.2, 0.25) is 0 Å². The molecule has 0 aromatic heterocycles. The van der Waals surface area contributed by atoms with E-state index >= 15 is 0 Å². The van der Waals surface area contributed by atoms with E-state index in [1.165, 1.54) is 0 Å². The third kappa shape index (κ3) is 4.06. The van der Waals surface area contributed by atoms with Gasteiger partial charge in [0.25, 0.3) is 5.91 Å². The van der Waals surface area contributed by atoms with Crippen LogP contribution in [-0.2, 0) is 11.2 Å². The topological polar surface area (TPSA) is 58.2 Å². The molecule has 0 saturated carbocycles. The molecule has 0 atom stereocenters. The van der Waals surface area contributed by atoms with E-state index in [0.717, 1.165) is 17.7 Å². The minimum Gasteiger partial charge on any atom is -0.347 e. The molecule has 1 heterocycles. The summed E-state index contributed by atoms with van der Waals surface area (Å²) in [7, 11) is 0. The highest BCUT2D eigenvalue weighted by molar-refractivity contribution is 6.01. The summed E-state index contributed by atoms with van der Waals surface area (Å²) >= 11 is 0. The fourth-order valence-electron chi connectivity index (χ4n) is 3.12. The predicted molar refractivity (Wildman–Crippen MR) is 84.4 cm³/mol. The zero-order valence-electron chi connectivity index (χ0n) is 13.5. The largest absolute Gasteiger partial charge is 0.347 e. The molecule has 0 bridgehead atoms. The number of carbonyl (C=O) groups is 2. The summed E-state index contributed by atoms with van der Waals surface area (Å²) in [6.07, 6.45) is 1.23. The molecule has 0 radical (unpaired) electrons. The van der Waals surface area contributed by atoms with E-state index in [1.54, 1.807) is 18.2 Å². The molecule has 0 spiro atoms. The molecule has 1 aromatic rings. The second-order valence-corrected chi connectivity index (χ2v) is 7.67. The molecule has 1 aliphatic heterocycles. The SMILES string of the molecule is CC(C)(C)CC(C)(C)NC(=O)c1ccc2c(c1)CC(=O)N2. The Morgan fingerprint density at radius 1 is 1.24 bits per heavy atom. The minimum absolute atomic E-state index is 0.0179. The van der Waals surface area contributed by atoms with Crippen LogP contribution < -0.4 is 10.6 Å². The van der Waals surface area contributed by atoms with Gasteiger partial charge < -0.3 is 10.6 Å². The summed E-state index contributed by atoms with van der Waals surface area (Å²) in [4.78, 5) is 23.8. The van der Waals surface area contributed by atoms with E-state index in [4.69, 9.17) is 0 Å². The van der Waals surface area contributed by atoms with Crippen molar-refractivity contribution in [3.63, 3.8) is 0 Å². The Balaban J connectivity index is 2.11. The molecule has 0 fully saturated rings. The fraction of sp³-hybridized carbons (Fsp3) is 0.529. The van der Waals surface area contributed by atoms with Gasteiger partial charge in [-0.15, -0.1) is 0 Å². The molecule has 2 N–H and O–H groups in total. The van der Waals surface area contributed by atoms with Gasteiger partial charge in [-0.1, -0.05) is 20.8 Å². The number of hydrogen-bond acceptors (Lipinski definition) is 2.